The second-order valence-corrected chi connectivity index (χ2v) is 11.2. The smallest absolute Gasteiger partial charge is 0.338 e. The molecule has 44 heavy (non-hydrogen) atoms. The number of benzene rings is 2. The first kappa shape index (κ1) is 34.0. The number of hydrogen-bond donors (Lipinski definition) is 8. The highest BCUT2D eigenvalue weighted by atomic mass is 16.5. The van der Waals surface area contributed by atoms with Gasteiger partial charge in [0.25, 0.3) is 5.91 Å². The number of nitrogens with zero attached hydrogens (tertiary/aromatic N) is 2. The van der Waals surface area contributed by atoms with Gasteiger partial charge in [-0.05, 0) is 73.9 Å². The lowest BCUT2D eigenvalue weighted by Crippen LogP contribution is -2.78. The number of aryl methyl sites for hydroxylation is 2. The fourth-order valence-electron chi connectivity index (χ4n) is 5.02. The maximum absolute atomic E-state index is 13.9. The summed E-state index contributed by atoms with van der Waals surface area (Å²) in [5, 5.41) is 20.2. The third-order valence-corrected chi connectivity index (χ3v) is 7.45. The van der Waals surface area contributed by atoms with Gasteiger partial charge in [0.1, 0.15) is 17.8 Å². The van der Waals surface area contributed by atoms with Crippen LogP contribution in [0.25, 0.3) is 0 Å². The number of guanidine groups is 1. The molecule has 3 rings (SSSR count). The van der Waals surface area contributed by atoms with E-state index in [1.54, 1.807) is 12.1 Å². The lowest BCUT2D eigenvalue weighted by Gasteiger charge is -2.24. The van der Waals surface area contributed by atoms with E-state index in [1.165, 1.54) is 0 Å². The van der Waals surface area contributed by atoms with Crippen molar-refractivity contribution in [3.8, 4) is 5.75 Å². The van der Waals surface area contributed by atoms with Crippen LogP contribution >= 0.6 is 0 Å². The number of aromatic nitrogens is 2. The minimum atomic E-state index is -0.915. The van der Waals surface area contributed by atoms with Crippen molar-refractivity contribution in [1.29, 1.82) is 0 Å². The number of phenolic OH excluding ortho intramolecular Hbond substituents is 1. The lowest BCUT2D eigenvalue weighted by molar-refractivity contribution is -0.463. The summed E-state index contributed by atoms with van der Waals surface area (Å²) in [6, 6.07) is 11.0. The van der Waals surface area contributed by atoms with Crippen molar-refractivity contribution in [2.24, 2.45) is 11.5 Å². The summed E-state index contributed by atoms with van der Waals surface area (Å²) in [4.78, 5) is 34.6. The first-order valence-corrected chi connectivity index (χ1v) is 15.1. The summed E-state index contributed by atoms with van der Waals surface area (Å²) in [6.45, 7) is 5.00. The minimum absolute atomic E-state index is 0.115. The number of carbonyl (C=O) groups excluding carboxylic acids is 2. The summed E-state index contributed by atoms with van der Waals surface area (Å²) < 4.78 is 5.63. The van der Waals surface area contributed by atoms with Crippen molar-refractivity contribution in [1.82, 2.24) is 20.8 Å². The van der Waals surface area contributed by atoms with E-state index in [4.69, 9.17) is 16.0 Å². The van der Waals surface area contributed by atoms with Crippen LogP contribution in [0.4, 0.5) is 0 Å². The van der Waals surface area contributed by atoms with Gasteiger partial charge in [0.2, 0.25) is 11.8 Å². The Morgan fingerprint density at radius 1 is 1.02 bits per heavy atom. The van der Waals surface area contributed by atoms with Crippen molar-refractivity contribution in [3.63, 3.8) is 0 Å². The summed E-state index contributed by atoms with van der Waals surface area (Å²) in [5.41, 5.74) is 22.3. The van der Waals surface area contributed by atoms with Crippen LogP contribution in [0.1, 0.15) is 72.1 Å². The molecule has 1 heterocycles. The van der Waals surface area contributed by atoms with E-state index in [0.29, 0.717) is 43.9 Å². The average molecular weight is 611 g/mol. The van der Waals surface area contributed by atoms with E-state index in [9.17, 15) is 14.7 Å². The van der Waals surface area contributed by atoms with Crippen LogP contribution in [0.3, 0.4) is 0 Å². The average Bonchev–Trinajstić information content (AvgIpc) is 3.44. The Morgan fingerprint density at radius 3 is 2.39 bits per heavy atom. The van der Waals surface area contributed by atoms with Gasteiger partial charge in [-0.15, -0.1) is 0 Å². The molecule has 1 aromatic heterocycles. The third kappa shape index (κ3) is 10.7. The van der Waals surface area contributed by atoms with E-state index in [-0.39, 0.29) is 29.9 Å². The first-order chi connectivity index (χ1) is 21.1. The Hall–Kier alpha value is -4.49. The van der Waals surface area contributed by atoms with Gasteiger partial charge >= 0.3 is 5.96 Å². The molecule has 0 aliphatic heterocycles. The SMILES string of the molecule is Cc1cc(O)cc(C)c1C[C@H](NC(=O)[C@H]([NH3+])CCC[NH+]=C(N)N)C(=O)N[C@@H](CCCC[NH3+])c1nc(Cc2ccccc2)no1. The molecule has 0 saturated heterocycles. The Labute approximate surface area is 257 Å². The molecule has 0 spiro atoms. The summed E-state index contributed by atoms with van der Waals surface area (Å²) >= 11 is 0. The molecule has 0 fully saturated rings. The normalized spacial score (nSPS) is 13.1. The molecule has 13 heteroatoms. The van der Waals surface area contributed by atoms with Crippen molar-refractivity contribution >= 4 is 17.8 Å². The molecule has 0 aliphatic carbocycles. The highest BCUT2D eigenvalue weighted by Gasteiger charge is 2.30. The Bertz CT molecular complexity index is 1370. The largest absolute Gasteiger partial charge is 0.508 e. The number of phenols is 1. The number of quaternary nitrogens is 2. The number of amides is 2. The number of nitrogens with two attached hydrogens (primary N) is 2. The number of rotatable bonds is 17. The zero-order valence-corrected chi connectivity index (χ0v) is 25.8. The number of hydrogen-bond acceptors (Lipinski definition) is 6. The lowest BCUT2D eigenvalue weighted by atomic mass is 9.95. The van der Waals surface area contributed by atoms with Crippen molar-refractivity contribution in [3.05, 3.63) is 76.4 Å². The summed E-state index contributed by atoms with van der Waals surface area (Å²) in [5.74, 6) is 0.362. The molecule has 2 aromatic carbocycles. The first-order valence-electron chi connectivity index (χ1n) is 15.1. The van der Waals surface area contributed by atoms with Gasteiger partial charge in [-0.3, -0.25) is 26.0 Å². The van der Waals surface area contributed by atoms with Crippen LogP contribution in [0.15, 0.2) is 47.0 Å². The molecule has 2 amide bonds. The van der Waals surface area contributed by atoms with Gasteiger partial charge in [0, 0.05) is 19.3 Å². The topological polar surface area (TPSA) is 239 Å². The van der Waals surface area contributed by atoms with E-state index >= 15 is 0 Å². The molecule has 0 aliphatic rings. The molecular formula is C31H48N9O4+3. The predicted molar refractivity (Wildman–Crippen MR) is 164 cm³/mol. The molecule has 13 nitrogen and oxygen atoms in total. The van der Waals surface area contributed by atoms with Crippen molar-refractivity contribution < 1.29 is 35.7 Å². The Morgan fingerprint density at radius 2 is 1.73 bits per heavy atom. The van der Waals surface area contributed by atoms with E-state index in [0.717, 1.165) is 41.6 Å². The van der Waals surface area contributed by atoms with Crippen LogP contribution in [0.5, 0.6) is 5.75 Å². The van der Waals surface area contributed by atoms with Crippen molar-refractivity contribution in [2.45, 2.75) is 76.9 Å². The van der Waals surface area contributed by atoms with E-state index < -0.39 is 18.1 Å². The molecule has 0 saturated carbocycles. The highest BCUT2D eigenvalue weighted by Crippen LogP contribution is 2.23. The number of carbonyl (C=O) groups is 2. The van der Waals surface area contributed by atoms with Crippen LogP contribution in [-0.4, -0.2) is 58.2 Å². The van der Waals surface area contributed by atoms with Crippen LogP contribution in [0.2, 0.25) is 0 Å². The zero-order valence-electron chi connectivity index (χ0n) is 25.8. The van der Waals surface area contributed by atoms with Gasteiger partial charge in [-0.25, -0.2) is 0 Å². The van der Waals surface area contributed by atoms with Crippen LogP contribution < -0.4 is 38.6 Å². The second kappa shape index (κ2) is 17.0. The number of unbranched alkanes of at least 4 members (excludes halogenated alkanes) is 1. The zero-order chi connectivity index (χ0) is 32.1. The number of aromatic hydroxyl groups is 1. The standard InChI is InChI=1S/C31H45N9O4/c1-19-15-22(41)16-20(2)23(19)18-26(38-28(42)24(33)11-8-14-36-31(34)35)29(43)37-25(12-6-7-13-32)30-39-27(40-44-30)17-21-9-4-3-5-10-21/h3-5,9-10,15-16,24-26,41H,6-8,11-14,17-18,32-33H2,1-2H3,(H,37,43)(H,38,42)(H4,34,35,36)/p+3/t24-,25+,26+/m1/s1. The van der Waals surface area contributed by atoms with Gasteiger partial charge in [-0.1, -0.05) is 35.5 Å². The van der Waals surface area contributed by atoms with Gasteiger partial charge in [0.05, 0.1) is 13.1 Å². The summed E-state index contributed by atoms with van der Waals surface area (Å²) in [7, 11) is 0. The Balaban J connectivity index is 1.82. The Kier molecular flexibility index (Phi) is 13.1. The summed E-state index contributed by atoms with van der Waals surface area (Å²) in [6.07, 6.45) is 4.03. The van der Waals surface area contributed by atoms with Crippen molar-refractivity contribution in [2.75, 3.05) is 13.1 Å². The second-order valence-electron chi connectivity index (χ2n) is 11.2. The molecule has 3 atom stereocenters. The molecule has 3 aromatic rings. The molecule has 0 radical (unpaired) electrons. The third-order valence-electron chi connectivity index (χ3n) is 7.45. The molecule has 14 N–H and O–H groups in total. The van der Waals surface area contributed by atoms with Crippen LogP contribution in [0, 0.1) is 13.8 Å². The molecular weight excluding hydrogens is 562 g/mol. The van der Waals surface area contributed by atoms with Gasteiger partial charge < -0.3 is 31.7 Å². The van der Waals surface area contributed by atoms with Gasteiger partial charge in [-0.2, -0.15) is 4.98 Å². The minimum Gasteiger partial charge on any atom is -0.508 e. The maximum atomic E-state index is 13.9. The maximum Gasteiger partial charge on any atom is 0.338 e. The molecule has 238 valence electrons. The monoisotopic (exact) mass is 610 g/mol. The number of nitrogens with one attached hydrogen (secondary N) is 3. The van der Waals surface area contributed by atoms with Crippen LogP contribution in [-0.2, 0) is 22.4 Å². The quantitative estimate of drug-likeness (QED) is 0.0483. The fraction of sp³-hybridized carbons (Fsp3) is 0.452. The fourth-order valence-corrected chi connectivity index (χ4v) is 5.02. The van der Waals surface area contributed by atoms with Gasteiger partial charge in [0.15, 0.2) is 11.9 Å². The predicted octanol–water partition coefficient (Wildman–Crippen LogP) is -1.98. The molecule has 0 bridgehead atoms. The van der Waals surface area contributed by atoms with E-state index in [1.807, 2.05) is 44.2 Å². The highest BCUT2D eigenvalue weighted by molar-refractivity contribution is 5.89. The van der Waals surface area contributed by atoms with E-state index in [2.05, 4.69) is 37.2 Å². The molecule has 0 unspecified atom stereocenters.